The number of allylic oxidation sites excluding steroid dienone is 1. The minimum absolute atomic E-state index is 0.834. The van der Waals surface area contributed by atoms with Gasteiger partial charge in [0.25, 0.3) is 0 Å². The first-order chi connectivity index (χ1) is 4.41. The van der Waals surface area contributed by atoms with E-state index in [-0.39, 0.29) is 0 Å². The van der Waals surface area contributed by atoms with Crippen LogP contribution in [0.3, 0.4) is 0 Å². The largest absolute Gasteiger partial charge is 0.293 e. The lowest BCUT2D eigenvalue weighted by Crippen LogP contribution is -1.67. The van der Waals surface area contributed by atoms with Gasteiger partial charge >= 0.3 is 0 Å². The van der Waals surface area contributed by atoms with E-state index in [0.29, 0.717) is 0 Å². The third-order valence-corrected chi connectivity index (χ3v) is 0.695. The summed E-state index contributed by atoms with van der Waals surface area (Å²) in [5, 5.41) is 0. The van der Waals surface area contributed by atoms with Crippen LogP contribution in [0.1, 0.15) is 13.8 Å². The molecule has 0 saturated heterocycles. The Kier molecular flexibility index (Phi) is 6.36. The summed E-state index contributed by atoms with van der Waals surface area (Å²) in [5.41, 5.74) is 0. The number of hydrogen-bond acceptors (Lipinski definition) is 2. The second kappa shape index (κ2) is 7.08. The molecule has 0 fully saturated rings. The molecule has 2 heteroatoms. The van der Waals surface area contributed by atoms with Gasteiger partial charge in [-0.2, -0.15) is 0 Å². The van der Waals surface area contributed by atoms with Crippen molar-refractivity contribution in [2.75, 3.05) is 6.54 Å². The maximum absolute atomic E-state index is 3.96. The van der Waals surface area contributed by atoms with Crippen LogP contribution in [0.25, 0.3) is 0 Å². The topological polar surface area (TPSA) is 24.7 Å². The second-order valence-electron chi connectivity index (χ2n) is 1.40. The van der Waals surface area contributed by atoms with E-state index in [2.05, 4.69) is 9.98 Å². The Morgan fingerprint density at radius 1 is 1.44 bits per heavy atom. The molecule has 0 amide bonds. The quantitative estimate of drug-likeness (QED) is 0.511. The Bertz CT molecular complexity index is 123. The Balaban J connectivity index is 3.35. The summed E-state index contributed by atoms with van der Waals surface area (Å²) in [5.74, 6) is 0. The van der Waals surface area contributed by atoms with Crippen LogP contribution in [0.4, 0.5) is 0 Å². The van der Waals surface area contributed by atoms with Crippen molar-refractivity contribution in [2.24, 2.45) is 9.98 Å². The predicted molar refractivity (Wildman–Crippen MR) is 42.3 cm³/mol. The summed E-state index contributed by atoms with van der Waals surface area (Å²) < 4.78 is 0. The summed E-state index contributed by atoms with van der Waals surface area (Å²) in [6, 6.07) is 0. The lowest BCUT2D eigenvalue weighted by atomic mass is 10.6. The lowest BCUT2D eigenvalue weighted by Gasteiger charge is -1.74. The Morgan fingerprint density at radius 2 is 2.22 bits per heavy atom. The molecule has 0 aliphatic heterocycles. The molecule has 0 bridgehead atoms. The number of hydrogen-bond donors (Lipinski definition) is 0. The Hall–Kier alpha value is -0.920. The molecular weight excluding hydrogens is 112 g/mol. The highest BCUT2D eigenvalue weighted by Crippen LogP contribution is 1.70. The monoisotopic (exact) mass is 124 g/mol. The number of aliphatic imine (C=N–C) groups is 2. The average Bonchev–Trinajstić information content (AvgIpc) is 1.89. The molecule has 0 unspecified atom stereocenters. The van der Waals surface area contributed by atoms with Crippen LogP contribution in [0.5, 0.6) is 0 Å². The fraction of sp³-hybridized carbons (Fsp3) is 0.429. The Morgan fingerprint density at radius 3 is 2.78 bits per heavy atom. The fourth-order valence-corrected chi connectivity index (χ4v) is 0.341. The highest BCUT2D eigenvalue weighted by atomic mass is 14.7. The van der Waals surface area contributed by atoms with Crippen LogP contribution in [-0.4, -0.2) is 19.0 Å². The molecule has 2 nitrogen and oxygen atoms in total. The maximum atomic E-state index is 3.96. The minimum Gasteiger partial charge on any atom is -0.293 e. The summed E-state index contributed by atoms with van der Waals surface area (Å²) in [7, 11) is 0. The molecule has 9 heavy (non-hydrogen) atoms. The van der Waals surface area contributed by atoms with Crippen LogP contribution >= 0.6 is 0 Å². The average molecular weight is 124 g/mol. The third kappa shape index (κ3) is 7.08. The van der Waals surface area contributed by atoms with Crippen molar-refractivity contribution in [3.63, 3.8) is 0 Å². The third-order valence-electron chi connectivity index (χ3n) is 0.695. The van der Waals surface area contributed by atoms with Crippen LogP contribution < -0.4 is 0 Å². The lowest BCUT2D eigenvalue weighted by molar-refractivity contribution is 1.14. The molecule has 50 valence electrons. The van der Waals surface area contributed by atoms with Gasteiger partial charge in [0, 0.05) is 25.2 Å². The van der Waals surface area contributed by atoms with Gasteiger partial charge in [0.15, 0.2) is 0 Å². The molecule has 0 aromatic rings. The van der Waals surface area contributed by atoms with Gasteiger partial charge in [0.2, 0.25) is 0 Å². The Labute approximate surface area is 56.0 Å². The first-order valence-electron chi connectivity index (χ1n) is 3.04. The molecule has 0 aromatic carbocycles. The van der Waals surface area contributed by atoms with Gasteiger partial charge in [-0.05, 0) is 19.9 Å². The van der Waals surface area contributed by atoms with Crippen molar-refractivity contribution in [1.29, 1.82) is 0 Å². The zero-order valence-corrected chi connectivity index (χ0v) is 5.91. The molecule has 0 saturated carbocycles. The summed E-state index contributed by atoms with van der Waals surface area (Å²) in [6.07, 6.45) is 6.99. The zero-order valence-electron chi connectivity index (χ0n) is 5.91. The van der Waals surface area contributed by atoms with E-state index in [1.807, 2.05) is 19.9 Å². The normalized spacial score (nSPS) is 12.7. The first-order valence-corrected chi connectivity index (χ1v) is 3.04. The van der Waals surface area contributed by atoms with Crippen molar-refractivity contribution in [3.05, 3.63) is 12.3 Å². The molecule has 0 spiro atoms. The standard InChI is InChI=1S/C7H12N2/c1-3-8-6-5-7-9-4-2/h3,5-7H,4H2,1-2H3/b6-5-,8-3?,9-7?. The predicted octanol–water partition coefficient (Wildman–Crippen LogP) is 1.68. The van der Waals surface area contributed by atoms with E-state index in [0.717, 1.165) is 6.54 Å². The summed E-state index contributed by atoms with van der Waals surface area (Å²) in [6.45, 7) is 4.70. The first kappa shape index (κ1) is 8.08. The minimum atomic E-state index is 0.834. The van der Waals surface area contributed by atoms with Crippen LogP contribution in [0, 0.1) is 0 Å². The molecule has 0 aromatic heterocycles. The molecule has 0 rings (SSSR count). The fourth-order valence-electron chi connectivity index (χ4n) is 0.341. The van der Waals surface area contributed by atoms with Crippen molar-refractivity contribution >= 4 is 12.4 Å². The highest BCUT2D eigenvalue weighted by Gasteiger charge is 1.60. The smallest absolute Gasteiger partial charge is 0.0360 e. The number of rotatable bonds is 3. The van der Waals surface area contributed by atoms with E-state index in [9.17, 15) is 0 Å². The number of nitrogens with zero attached hydrogens (tertiary/aromatic N) is 2. The van der Waals surface area contributed by atoms with Crippen molar-refractivity contribution in [3.8, 4) is 0 Å². The van der Waals surface area contributed by atoms with E-state index in [1.54, 1.807) is 18.6 Å². The van der Waals surface area contributed by atoms with Gasteiger partial charge < -0.3 is 0 Å². The van der Waals surface area contributed by atoms with Gasteiger partial charge in [-0.25, -0.2) is 0 Å². The molecule has 0 aliphatic rings. The van der Waals surface area contributed by atoms with Gasteiger partial charge in [0.1, 0.15) is 0 Å². The maximum Gasteiger partial charge on any atom is 0.0360 e. The highest BCUT2D eigenvalue weighted by molar-refractivity contribution is 5.71. The summed E-state index contributed by atoms with van der Waals surface area (Å²) >= 11 is 0. The van der Waals surface area contributed by atoms with Gasteiger partial charge in [-0.3, -0.25) is 9.98 Å². The molecule has 0 N–H and O–H groups in total. The van der Waals surface area contributed by atoms with E-state index < -0.39 is 0 Å². The summed E-state index contributed by atoms with van der Waals surface area (Å²) in [4.78, 5) is 7.80. The van der Waals surface area contributed by atoms with E-state index >= 15 is 0 Å². The zero-order chi connectivity index (χ0) is 6.95. The molecule has 0 radical (unpaired) electrons. The van der Waals surface area contributed by atoms with Crippen LogP contribution in [-0.2, 0) is 0 Å². The van der Waals surface area contributed by atoms with E-state index in [4.69, 9.17) is 0 Å². The molecule has 0 heterocycles. The second-order valence-corrected chi connectivity index (χ2v) is 1.40. The molecular formula is C7H12N2. The van der Waals surface area contributed by atoms with Gasteiger partial charge in [-0.1, -0.05) is 0 Å². The van der Waals surface area contributed by atoms with Crippen LogP contribution in [0.2, 0.25) is 0 Å². The van der Waals surface area contributed by atoms with Crippen LogP contribution in [0.15, 0.2) is 22.3 Å². The van der Waals surface area contributed by atoms with E-state index in [1.165, 1.54) is 0 Å². The molecule has 0 aliphatic carbocycles. The van der Waals surface area contributed by atoms with Crippen molar-refractivity contribution < 1.29 is 0 Å². The van der Waals surface area contributed by atoms with Gasteiger partial charge in [0.05, 0.1) is 0 Å². The SMILES string of the molecule is CC=N/C=C\C=NCC. The molecule has 0 atom stereocenters. The van der Waals surface area contributed by atoms with Gasteiger partial charge in [-0.15, -0.1) is 0 Å². The van der Waals surface area contributed by atoms with Crippen molar-refractivity contribution in [1.82, 2.24) is 0 Å². The van der Waals surface area contributed by atoms with Crippen molar-refractivity contribution in [2.45, 2.75) is 13.8 Å².